The molecule has 0 saturated carbocycles. The molecular formula is C27H46N4O4S. The Balaban J connectivity index is 1.78. The number of hydrogen-bond donors (Lipinski definition) is 3. The lowest BCUT2D eigenvalue weighted by molar-refractivity contribution is -0.132. The monoisotopic (exact) mass is 522 g/mol. The maximum absolute atomic E-state index is 13.7. The molecule has 1 aromatic rings. The Hall–Kier alpha value is -1.68. The minimum absolute atomic E-state index is 0.150. The van der Waals surface area contributed by atoms with Gasteiger partial charge in [-0.05, 0) is 100 Å². The second-order valence-electron chi connectivity index (χ2n) is 11.0. The summed E-state index contributed by atoms with van der Waals surface area (Å²) in [5.41, 5.74) is 9.57. The molecule has 2 aliphatic rings. The number of benzene rings is 1. The topological polar surface area (TPSA) is 102 Å². The number of anilines is 1. The fraction of sp³-hybridized carbons (Fsp3) is 0.741. The number of sulfonamides is 1. The maximum Gasteiger partial charge on any atom is 0.266 e. The summed E-state index contributed by atoms with van der Waals surface area (Å²) in [4.78, 5) is 14.9. The number of piperidine rings is 1. The van der Waals surface area contributed by atoms with Crippen molar-refractivity contribution in [3.8, 4) is 0 Å². The van der Waals surface area contributed by atoms with Gasteiger partial charge in [0.15, 0.2) is 4.75 Å². The third-order valence-electron chi connectivity index (χ3n) is 8.51. The number of rotatable bonds is 9. The SMILES string of the molecule is Cc1c(C)c(N2CCN(S(=O)(=O)C3(C(=O)NO)CCNCC3)CC2)c(C)c(C)c1CCCCC(C)C. The number of nitrogens with one attached hydrogen (secondary N) is 2. The highest BCUT2D eigenvalue weighted by Gasteiger charge is 2.54. The van der Waals surface area contributed by atoms with E-state index in [2.05, 4.69) is 51.8 Å². The molecule has 2 aliphatic heterocycles. The van der Waals surface area contributed by atoms with Gasteiger partial charge >= 0.3 is 0 Å². The summed E-state index contributed by atoms with van der Waals surface area (Å²) in [6.45, 7) is 16.0. The molecule has 9 heteroatoms. The third-order valence-corrected chi connectivity index (χ3v) is 11.1. The first-order chi connectivity index (χ1) is 17.0. The number of piperazine rings is 1. The van der Waals surface area contributed by atoms with Crippen LogP contribution in [-0.2, 0) is 21.2 Å². The van der Waals surface area contributed by atoms with E-state index in [1.165, 1.54) is 57.1 Å². The van der Waals surface area contributed by atoms with E-state index in [9.17, 15) is 18.4 Å². The van der Waals surface area contributed by atoms with Crippen molar-refractivity contribution < 1.29 is 18.4 Å². The molecule has 8 nitrogen and oxygen atoms in total. The van der Waals surface area contributed by atoms with Crippen LogP contribution in [0.3, 0.4) is 0 Å². The summed E-state index contributed by atoms with van der Waals surface area (Å²) in [5.74, 6) is -0.0865. The number of hydroxylamine groups is 1. The summed E-state index contributed by atoms with van der Waals surface area (Å²) < 4.78 is 27.2. The normalized spacial score (nSPS) is 19.1. The van der Waals surface area contributed by atoms with E-state index in [1.54, 1.807) is 5.48 Å². The minimum atomic E-state index is -3.93. The molecule has 0 radical (unpaired) electrons. The van der Waals surface area contributed by atoms with E-state index in [1.807, 2.05) is 0 Å². The molecule has 36 heavy (non-hydrogen) atoms. The first kappa shape index (κ1) is 28.9. The van der Waals surface area contributed by atoms with Crippen molar-refractivity contribution in [1.29, 1.82) is 0 Å². The largest absolute Gasteiger partial charge is 0.368 e. The first-order valence-corrected chi connectivity index (χ1v) is 14.9. The van der Waals surface area contributed by atoms with Gasteiger partial charge in [-0.2, -0.15) is 4.31 Å². The zero-order valence-electron chi connectivity index (χ0n) is 23.0. The van der Waals surface area contributed by atoms with Crippen molar-refractivity contribution >= 4 is 21.6 Å². The number of amides is 1. The molecule has 3 rings (SSSR count). The Kier molecular flexibility index (Phi) is 9.46. The van der Waals surface area contributed by atoms with Crippen LogP contribution in [0.1, 0.15) is 73.8 Å². The van der Waals surface area contributed by atoms with Crippen LogP contribution in [0, 0.1) is 33.6 Å². The molecule has 2 fully saturated rings. The quantitative estimate of drug-likeness (QED) is 0.261. The van der Waals surface area contributed by atoms with Crippen LogP contribution in [0.25, 0.3) is 0 Å². The Bertz CT molecular complexity index is 1010. The van der Waals surface area contributed by atoms with Crippen LogP contribution < -0.4 is 15.7 Å². The summed E-state index contributed by atoms with van der Waals surface area (Å²) in [6.07, 6.45) is 5.11. The van der Waals surface area contributed by atoms with Crippen LogP contribution in [-0.4, -0.2) is 67.9 Å². The molecule has 0 aliphatic carbocycles. The van der Waals surface area contributed by atoms with Crippen LogP contribution in [0.5, 0.6) is 0 Å². The Morgan fingerprint density at radius 2 is 1.53 bits per heavy atom. The Morgan fingerprint density at radius 1 is 0.972 bits per heavy atom. The lowest BCUT2D eigenvalue weighted by Gasteiger charge is -2.43. The highest BCUT2D eigenvalue weighted by molar-refractivity contribution is 7.91. The summed E-state index contributed by atoms with van der Waals surface area (Å²) in [5, 5.41) is 12.4. The third kappa shape index (κ3) is 5.44. The van der Waals surface area contributed by atoms with Crippen LogP contribution in [0.15, 0.2) is 0 Å². The lowest BCUT2D eigenvalue weighted by atomic mass is 9.88. The van der Waals surface area contributed by atoms with Gasteiger partial charge in [0.25, 0.3) is 5.91 Å². The summed E-state index contributed by atoms with van der Waals surface area (Å²) >= 11 is 0. The molecule has 0 bridgehead atoms. The predicted molar refractivity (Wildman–Crippen MR) is 145 cm³/mol. The fourth-order valence-electron chi connectivity index (χ4n) is 6.01. The van der Waals surface area contributed by atoms with E-state index in [-0.39, 0.29) is 12.8 Å². The standard InChI is InChI=1S/C27H46N4O4S/c1-19(2)9-7-8-10-24-20(3)22(5)25(23(6)21(24)4)30-15-17-31(18-16-30)36(34,35)27(26(32)29-33)11-13-28-14-12-27/h19,28,33H,7-18H2,1-6H3,(H,29,32). The van der Waals surface area contributed by atoms with Crippen molar-refractivity contribution in [2.24, 2.45) is 5.92 Å². The molecule has 2 heterocycles. The fourth-order valence-corrected chi connectivity index (χ4v) is 8.15. The molecule has 3 N–H and O–H groups in total. The zero-order valence-corrected chi connectivity index (χ0v) is 23.9. The predicted octanol–water partition coefficient (Wildman–Crippen LogP) is 3.37. The van der Waals surface area contributed by atoms with Crippen molar-refractivity contribution in [3.05, 3.63) is 27.8 Å². The first-order valence-electron chi connectivity index (χ1n) is 13.5. The number of carbonyl (C=O) groups excluding carboxylic acids is 1. The van der Waals surface area contributed by atoms with Gasteiger partial charge in [-0.3, -0.25) is 10.0 Å². The van der Waals surface area contributed by atoms with Crippen LogP contribution in [0.4, 0.5) is 5.69 Å². The Labute approximate surface area is 217 Å². The number of nitrogens with zero attached hydrogens (tertiary/aromatic N) is 2. The molecule has 0 spiro atoms. The van der Waals surface area contributed by atoms with E-state index >= 15 is 0 Å². The van der Waals surface area contributed by atoms with Gasteiger partial charge in [-0.15, -0.1) is 0 Å². The van der Waals surface area contributed by atoms with Gasteiger partial charge in [0.05, 0.1) is 0 Å². The van der Waals surface area contributed by atoms with Gasteiger partial charge < -0.3 is 10.2 Å². The molecule has 0 aromatic heterocycles. The molecule has 0 unspecified atom stereocenters. The smallest absolute Gasteiger partial charge is 0.266 e. The van der Waals surface area contributed by atoms with Gasteiger partial charge in [0.2, 0.25) is 10.0 Å². The zero-order chi connectivity index (χ0) is 26.7. The number of hydrogen-bond acceptors (Lipinski definition) is 6. The lowest BCUT2D eigenvalue weighted by Crippen LogP contribution is -2.63. The maximum atomic E-state index is 13.7. The molecule has 204 valence electrons. The Morgan fingerprint density at radius 3 is 2.03 bits per heavy atom. The number of carbonyl (C=O) groups is 1. The minimum Gasteiger partial charge on any atom is -0.368 e. The van der Waals surface area contributed by atoms with Gasteiger partial charge in [-0.1, -0.05) is 26.7 Å². The molecule has 0 atom stereocenters. The van der Waals surface area contributed by atoms with Crippen molar-refractivity contribution in [2.75, 3.05) is 44.2 Å². The van der Waals surface area contributed by atoms with Crippen LogP contribution in [0.2, 0.25) is 0 Å². The van der Waals surface area contributed by atoms with Crippen molar-refractivity contribution in [1.82, 2.24) is 15.1 Å². The molecule has 1 aromatic carbocycles. The average Bonchev–Trinajstić information content (AvgIpc) is 2.87. The second-order valence-corrected chi connectivity index (χ2v) is 13.3. The summed E-state index contributed by atoms with van der Waals surface area (Å²) in [7, 11) is -3.93. The van der Waals surface area contributed by atoms with E-state index in [0.29, 0.717) is 39.3 Å². The van der Waals surface area contributed by atoms with Crippen molar-refractivity contribution in [2.45, 2.75) is 84.8 Å². The second kappa shape index (κ2) is 11.8. The van der Waals surface area contributed by atoms with Crippen molar-refractivity contribution in [3.63, 3.8) is 0 Å². The van der Waals surface area contributed by atoms with Gasteiger partial charge in [-0.25, -0.2) is 13.9 Å². The van der Waals surface area contributed by atoms with Gasteiger partial charge in [0.1, 0.15) is 0 Å². The van der Waals surface area contributed by atoms with E-state index < -0.39 is 20.7 Å². The highest BCUT2D eigenvalue weighted by atomic mass is 32.2. The summed E-state index contributed by atoms with van der Waals surface area (Å²) in [6, 6.07) is 0. The van der Waals surface area contributed by atoms with Gasteiger partial charge in [0, 0.05) is 31.9 Å². The average molecular weight is 523 g/mol. The van der Waals surface area contributed by atoms with Crippen LogP contribution >= 0.6 is 0 Å². The molecule has 2 saturated heterocycles. The van der Waals surface area contributed by atoms with E-state index in [4.69, 9.17) is 0 Å². The molecular weight excluding hydrogens is 476 g/mol. The number of unbranched alkanes of at least 4 members (excludes halogenated alkanes) is 1. The van der Waals surface area contributed by atoms with E-state index in [0.717, 1.165) is 12.3 Å². The highest BCUT2D eigenvalue weighted by Crippen LogP contribution is 2.37. The molecule has 1 amide bonds.